The maximum Gasteiger partial charge on any atom is 0.103 e. The first-order valence-electron chi connectivity index (χ1n) is 5.24. The molecule has 0 aromatic carbocycles. The van der Waals surface area contributed by atoms with E-state index < -0.39 is 0 Å². The van der Waals surface area contributed by atoms with Crippen LogP contribution in [0.1, 0.15) is 0 Å². The minimum atomic E-state index is 0.823. The van der Waals surface area contributed by atoms with E-state index in [0.717, 1.165) is 57.1 Å². The van der Waals surface area contributed by atoms with Gasteiger partial charge in [0.15, 0.2) is 0 Å². The number of hydrogen-bond acceptors (Lipinski definition) is 3. The van der Waals surface area contributed by atoms with Gasteiger partial charge in [-0.3, -0.25) is 0 Å². The van der Waals surface area contributed by atoms with Crippen LogP contribution >= 0.6 is 0 Å². The van der Waals surface area contributed by atoms with Crippen LogP contribution in [0.15, 0.2) is 0 Å². The Hall–Kier alpha value is -0.160. The fourth-order valence-electron chi connectivity index (χ4n) is 1.86. The van der Waals surface area contributed by atoms with Crippen molar-refractivity contribution in [2.45, 2.75) is 0 Å². The van der Waals surface area contributed by atoms with Crippen molar-refractivity contribution in [3.63, 3.8) is 0 Å². The van der Waals surface area contributed by atoms with Gasteiger partial charge in [-0.25, -0.2) is 0 Å². The summed E-state index contributed by atoms with van der Waals surface area (Å²) in [5, 5.41) is 0. The van der Waals surface area contributed by atoms with Crippen molar-refractivity contribution in [2.75, 3.05) is 66.8 Å². The highest BCUT2D eigenvalue weighted by Gasteiger charge is 2.29. The maximum absolute atomic E-state index is 5.39. The summed E-state index contributed by atoms with van der Waals surface area (Å²) in [6.45, 7) is 7.71. The molecule has 14 heavy (non-hydrogen) atoms. The predicted octanol–water partition coefficient (Wildman–Crippen LogP) is 0.126. The van der Waals surface area contributed by atoms with Gasteiger partial charge in [-0.2, -0.15) is 0 Å². The van der Waals surface area contributed by atoms with Gasteiger partial charge in [-0.15, -0.1) is 0 Å². The van der Waals surface area contributed by atoms with Gasteiger partial charge in [0.05, 0.1) is 26.4 Å². The molecular weight excluding hydrogens is 182 g/mol. The molecule has 0 bridgehead atoms. The third kappa shape index (κ3) is 3.53. The highest BCUT2D eigenvalue weighted by Crippen LogP contribution is 2.10. The Morgan fingerprint density at radius 2 is 1.50 bits per heavy atom. The molecule has 0 aromatic rings. The number of ether oxygens (including phenoxy) is 3. The van der Waals surface area contributed by atoms with Crippen molar-refractivity contribution in [3.05, 3.63) is 0 Å². The first-order chi connectivity index (χ1) is 6.83. The molecule has 0 aliphatic carbocycles. The zero-order valence-corrected chi connectivity index (χ0v) is 9.33. The monoisotopic (exact) mass is 204 g/mol. The van der Waals surface area contributed by atoms with Crippen molar-refractivity contribution in [3.8, 4) is 0 Å². The second-order valence-electron chi connectivity index (χ2n) is 3.83. The Kier molecular flexibility index (Phi) is 5.40. The van der Waals surface area contributed by atoms with E-state index in [-0.39, 0.29) is 0 Å². The van der Waals surface area contributed by atoms with E-state index in [1.165, 1.54) is 0 Å². The number of methoxy groups -OCH3 is 2. The van der Waals surface area contributed by atoms with E-state index in [0.29, 0.717) is 0 Å². The third-order valence-corrected chi connectivity index (χ3v) is 2.96. The Bertz CT molecular complexity index is 136. The fourth-order valence-corrected chi connectivity index (χ4v) is 1.86. The number of morpholine rings is 1. The van der Waals surface area contributed by atoms with Crippen LogP contribution in [-0.4, -0.2) is 71.3 Å². The SMILES string of the molecule is COCC[N+]1(CCOC)CCOCC1. The Labute approximate surface area is 86.3 Å². The van der Waals surface area contributed by atoms with Gasteiger partial charge in [0.2, 0.25) is 0 Å². The van der Waals surface area contributed by atoms with Gasteiger partial charge in [-0.1, -0.05) is 0 Å². The summed E-state index contributed by atoms with van der Waals surface area (Å²) in [6.07, 6.45) is 0. The Morgan fingerprint density at radius 3 is 1.93 bits per heavy atom. The highest BCUT2D eigenvalue weighted by atomic mass is 16.5. The van der Waals surface area contributed by atoms with Crippen molar-refractivity contribution in [1.29, 1.82) is 0 Å². The van der Waals surface area contributed by atoms with Gasteiger partial charge < -0.3 is 18.7 Å². The summed E-state index contributed by atoms with van der Waals surface area (Å²) < 4.78 is 16.8. The zero-order valence-electron chi connectivity index (χ0n) is 9.33. The molecule has 0 N–H and O–H groups in total. The van der Waals surface area contributed by atoms with Crippen molar-refractivity contribution in [1.82, 2.24) is 0 Å². The molecule has 84 valence electrons. The molecule has 0 aromatic heterocycles. The standard InChI is InChI=1S/C10H22NO3/c1-12-7-3-11(4-8-13-2)5-9-14-10-6-11/h3-10H2,1-2H3/q+1. The van der Waals surface area contributed by atoms with Crippen LogP contribution in [0.3, 0.4) is 0 Å². The molecule has 0 atom stereocenters. The molecule has 4 nitrogen and oxygen atoms in total. The molecule has 1 aliphatic heterocycles. The lowest BCUT2D eigenvalue weighted by atomic mass is 10.3. The Morgan fingerprint density at radius 1 is 1.00 bits per heavy atom. The van der Waals surface area contributed by atoms with Gasteiger partial charge in [0.25, 0.3) is 0 Å². The van der Waals surface area contributed by atoms with E-state index in [4.69, 9.17) is 14.2 Å². The van der Waals surface area contributed by atoms with Crippen molar-refractivity contribution >= 4 is 0 Å². The van der Waals surface area contributed by atoms with E-state index in [1.807, 2.05) is 0 Å². The lowest BCUT2D eigenvalue weighted by Crippen LogP contribution is -2.57. The smallest absolute Gasteiger partial charge is 0.103 e. The lowest BCUT2D eigenvalue weighted by Gasteiger charge is -2.41. The van der Waals surface area contributed by atoms with Crippen LogP contribution in [0.4, 0.5) is 0 Å². The molecule has 1 aliphatic rings. The Balaban J connectivity index is 2.39. The van der Waals surface area contributed by atoms with Gasteiger partial charge in [0, 0.05) is 14.2 Å². The number of hydrogen-bond donors (Lipinski definition) is 0. The summed E-state index contributed by atoms with van der Waals surface area (Å²) >= 11 is 0. The largest absolute Gasteiger partial charge is 0.379 e. The molecule has 1 fully saturated rings. The minimum Gasteiger partial charge on any atom is -0.379 e. The van der Waals surface area contributed by atoms with Crippen molar-refractivity contribution < 1.29 is 18.7 Å². The summed E-state index contributed by atoms with van der Waals surface area (Å²) in [6, 6.07) is 0. The van der Waals surface area contributed by atoms with Gasteiger partial charge in [0.1, 0.15) is 26.2 Å². The summed E-state index contributed by atoms with van der Waals surface area (Å²) in [7, 11) is 3.51. The molecule has 0 spiro atoms. The van der Waals surface area contributed by atoms with E-state index in [2.05, 4.69) is 0 Å². The third-order valence-electron chi connectivity index (χ3n) is 2.96. The van der Waals surface area contributed by atoms with Crippen LogP contribution in [0.25, 0.3) is 0 Å². The molecule has 4 heteroatoms. The summed E-state index contributed by atoms with van der Waals surface area (Å²) in [5.74, 6) is 0. The maximum atomic E-state index is 5.39. The number of nitrogens with zero attached hydrogens (tertiary/aromatic N) is 1. The van der Waals surface area contributed by atoms with Gasteiger partial charge in [-0.05, 0) is 0 Å². The van der Waals surface area contributed by atoms with Crippen molar-refractivity contribution in [2.24, 2.45) is 0 Å². The lowest BCUT2D eigenvalue weighted by molar-refractivity contribution is -0.935. The summed E-state index contributed by atoms with van der Waals surface area (Å²) in [4.78, 5) is 0. The number of quaternary nitrogens is 1. The molecule has 1 saturated heterocycles. The van der Waals surface area contributed by atoms with Gasteiger partial charge >= 0.3 is 0 Å². The second-order valence-corrected chi connectivity index (χ2v) is 3.83. The molecule has 0 saturated carbocycles. The quantitative estimate of drug-likeness (QED) is 0.575. The first-order valence-corrected chi connectivity index (χ1v) is 5.24. The zero-order chi connectivity index (χ0) is 10.3. The van der Waals surface area contributed by atoms with Crippen LogP contribution in [0.2, 0.25) is 0 Å². The molecule has 0 amide bonds. The summed E-state index contributed by atoms with van der Waals surface area (Å²) in [5.41, 5.74) is 0. The average Bonchev–Trinajstić information content (AvgIpc) is 2.25. The molecule has 1 rings (SSSR count). The fraction of sp³-hybridized carbons (Fsp3) is 1.00. The van der Waals surface area contributed by atoms with Crippen LogP contribution in [-0.2, 0) is 14.2 Å². The van der Waals surface area contributed by atoms with Crippen LogP contribution < -0.4 is 0 Å². The van der Waals surface area contributed by atoms with Crippen LogP contribution in [0.5, 0.6) is 0 Å². The second kappa shape index (κ2) is 6.35. The van der Waals surface area contributed by atoms with E-state index in [1.54, 1.807) is 14.2 Å². The highest BCUT2D eigenvalue weighted by molar-refractivity contribution is 4.50. The average molecular weight is 204 g/mol. The molecule has 0 unspecified atom stereocenters. The van der Waals surface area contributed by atoms with Crippen LogP contribution in [0, 0.1) is 0 Å². The minimum absolute atomic E-state index is 0.823. The molecule has 1 heterocycles. The predicted molar refractivity (Wildman–Crippen MR) is 54.3 cm³/mol. The normalized spacial score (nSPS) is 21.0. The first kappa shape index (κ1) is 11.9. The van der Waals surface area contributed by atoms with E-state index >= 15 is 0 Å². The number of rotatable bonds is 6. The topological polar surface area (TPSA) is 27.7 Å². The van der Waals surface area contributed by atoms with E-state index in [9.17, 15) is 0 Å². The molecular formula is C10H22NO3+. The molecule has 0 radical (unpaired) electrons.